The van der Waals surface area contributed by atoms with Gasteiger partial charge < -0.3 is 20.3 Å². The molecule has 2 N–H and O–H groups in total. The van der Waals surface area contributed by atoms with Gasteiger partial charge in [-0.25, -0.2) is 0 Å². The molecule has 1 fully saturated rings. The molecule has 1 aliphatic rings. The van der Waals surface area contributed by atoms with E-state index < -0.39 is 0 Å². The van der Waals surface area contributed by atoms with E-state index in [9.17, 15) is 9.59 Å². The molecule has 23 heavy (non-hydrogen) atoms. The second-order valence-electron chi connectivity index (χ2n) is 5.32. The van der Waals surface area contributed by atoms with Crippen LogP contribution in [0.4, 0.5) is 5.69 Å². The molecular formula is C16H24ClN3O3. The lowest BCUT2D eigenvalue weighted by Crippen LogP contribution is -2.27. The molecule has 1 aliphatic heterocycles. The van der Waals surface area contributed by atoms with Crippen LogP contribution in [0.15, 0.2) is 18.2 Å². The van der Waals surface area contributed by atoms with E-state index in [1.165, 1.54) is 0 Å². The molecular weight excluding hydrogens is 318 g/mol. The number of carbonyl (C=O) groups is 2. The fraction of sp³-hybridized carbons (Fsp3) is 0.500. The number of nitrogens with one attached hydrogen (secondary N) is 2. The van der Waals surface area contributed by atoms with Crippen LogP contribution < -0.4 is 15.4 Å². The Labute approximate surface area is 143 Å². The Morgan fingerprint density at radius 2 is 1.96 bits per heavy atom. The number of rotatable bonds is 6. The van der Waals surface area contributed by atoms with Gasteiger partial charge in [0, 0.05) is 31.6 Å². The summed E-state index contributed by atoms with van der Waals surface area (Å²) in [7, 11) is 3.34. The summed E-state index contributed by atoms with van der Waals surface area (Å²) in [5.74, 6) is 0.445. The molecule has 1 heterocycles. The van der Waals surface area contributed by atoms with E-state index in [1.54, 1.807) is 32.4 Å². The van der Waals surface area contributed by atoms with Gasteiger partial charge in [-0.05, 0) is 38.1 Å². The predicted octanol–water partition coefficient (Wildman–Crippen LogP) is 1.90. The van der Waals surface area contributed by atoms with Crippen molar-refractivity contribution in [3.8, 4) is 5.75 Å². The first-order chi connectivity index (χ1) is 10.7. The average Bonchev–Trinajstić information content (AvgIpc) is 3.06. The summed E-state index contributed by atoms with van der Waals surface area (Å²) < 4.78 is 5.26. The van der Waals surface area contributed by atoms with Crippen molar-refractivity contribution < 1.29 is 14.3 Å². The monoisotopic (exact) mass is 341 g/mol. The molecule has 1 aromatic rings. The largest absolute Gasteiger partial charge is 0.495 e. The normalized spacial score (nSPS) is 13.4. The van der Waals surface area contributed by atoms with Crippen molar-refractivity contribution in [2.75, 3.05) is 39.1 Å². The minimum absolute atomic E-state index is 0. The number of nitrogens with zero attached hydrogens (tertiary/aromatic N) is 1. The summed E-state index contributed by atoms with van der Waals surface area (Å²) in [5.41, 5.74) is 1.11. The number of hydrogen-bond acceptors (Lipinski definition) is 4. The van der Waals surface area contributed by atoms with Crippen LogP contribution >= 0.6 is 12.4 Å². The van der Waals surface area contributed by atoms with Gasteiger partial charge in [-0.1, -0.05) is 0 Å². The highest BCUT2D eigenvalue weighted by Crippen LogP contribution is 2.26. The summed E-state index contributed by atoms with van der Waals surface area (Å²) in [6.45, 7) is 2.20. The molecule has 6 nitrogen and oxygen atoms in total. The Morgan fingerprint density at radius 3 is 2.57 bits per heavy atom. The van der Waals surface area contributed by atoms with Gasteiger partial charge in [-0.3, -0.25) is 9.59 Å². The van der Waals surface area contributed by atoms with Crippen molar-refractivity contribution in [3.05, 3.63) is 23.8 Å². The Bertz CT molecular complexity index is 545. The fourth-order valence-electron chi connectivity index (χ4n) is 2.49. The first-order valence-corrected chi connectivity index (χ1v) is 7.57. The van der Waals surface area contributed by atoms with Crippen LogP contribution in [0.1, 0.15) is 29.6 Å². The van der Waals surface area contributed by atoms with Gasteiger partial charge in [-0.15, -0.1) is 12.4 Å². The van der Waals surface area contributed by atoms with Gasteiger partial charge in [0.1, 0.15) is 5.75 Å². The summed E-state index contributed by atoms with van der Waals surface area (Å²) in [6.07, 6.45) is 2.47. The first-order valence-electron chi connectivity index (χ1n) is 7.57. The maximum absolute atomic E-state index is 12.4. The van der Waals surface area contributed by atoms with Crippen molar-refractivity contribution in [2.45, 2.75) is 19.3 Å². The number of benzene rings is 1. The molecule has 0 bridgehead atoms. The molecule has 0 atom stereocenters. The van der Waals surface area contributed by atoms with Crippen LogP contribution in [-0.4, -0.2) is 50.5 Å². The van der Waals surface area contributed by atoms with Crippen LogP contribution in [-0.2, 0) is 4.79 Å². The number of ether oxygens (including phenoxy) is 1. The van der Waals surface area contributed by atoms with Crippen molar-refractivity contribution in [1.82, 2.24) is 10.2 Å². The topological polar surface area (TPSA) is 70.7 Å². The van der Waals surface area contributed by atoms with Gasteiger partial charge in [0.05, 0.1) is 12.8 Å². The summed E-state index contributed by atoms with van der Waals surface area (Å²) in [4.78, 5) is 26.1. The third-order valence-corrected chi connectivity index (χ3v) is 3.72. The van der Waals surface area contributed by atoms with Crippen molar-refractivity contribution in [1.29, 1.82) is 0 Å². The molecule has 1 saturated heterocycles. The molecule has 1 aromatic carbocycles. The smallest absolute Gasteiger partial charge is 0.253 e. The molecule has 0 saturated carbocycles. The SMILES string of the molecule is CNCCC(=O)Nc1cc(C(=O)N2CCCC2)ccc1OC.Cl. The summed E-state index contributed by atoms with van der Waals surface area (Å²) in [6, 6.07) is 5.15. The van der Waals surface area contributed by atoms with Crippen LogP contribution in [0.25, 0.3) is 0 Å². The minimum Gasteiger partial charge on any atom is -0.495 e. The molecule has 2 rings (SSSR count). The van der Waals surface area contributed by atoms with Gasteiger partial charge >= 0.3 is 0 Å². The number of halogens is 1. The number of hydrogen-bond donors (Lipinski definition) is 2. The Morgan fingerprint density at radius 1 is 1.26 bits per heavy atom. The predicted molar refractivity (Wildman–Crippen MR) is 92.6 cm³/mol. The molecule has 2 amide bonds. The third kappa shape index (κ3) is 5.11. The molecule has 128 valence electrons. The fourth-order valence-corrected chi connectivity index (χ4v) is 2.49. The highest BCUT2D eigenvalue weighted by Gasteiger charge is 2.20. The van der Waals surface area contributed by atoms with E-state index in [4.69, 9.17) is 4.74 Å². The Kier molecular flexibility index (Phi) is 7.85. The lowest BCUT2D eigenvalue weighted by Gasteiger charge is -2.17. The lowest BCUT2D eigenvalue weighted by molar-refractivity contribution is -0.116. The average molecular weight is 342 g/mol. The maximum atomic E-state index is 12.4. The van der Waals surface area contributed by atoms with Crippen LogP contribution in [0.2, 0.25) is 0 Å². The zero-order valence-electron chi connectivity index (χ0n) is 13.6. The van der Waals surface area contributed by atoms with Crippen LogP contribution in [0, 0.1) is 0 Å². The van der Waals surface area contributed by atoms with E-state index >= 15 is 0 Å². The highest BCUT2D eigenvalue weighted by atomic mass is 35.5. The number of methoxy groups -OCH3 is 1. The maximum Gasteiger partial charge on any atom is 0.253 e. The molecule has 0 unspecified atom stereocenters. The van der Waals surface area contributed by atoms with E-state index in [1.807, 2.05) is 4.90 Å². The van der Waals surface area contributed by atoms with E-state index in [0.717, 1.165) is 25.9 Å². The van der Waals surface area contributed by atoms with Gasteiger partial charge in [0.2, 0.25) is 5.91 Å². The van der Waals surface area contributed by atoms with Crippen LogP contribution in [0.5, 0.6) is 5.75 Å². The van der Waals surface area contributed by atoms with Gasteiger partial charge in [0.25, 0.3) is 5.91 Å². The van der Waals surface area contributed by atoms with Gasteiger partial charge in [0.15, 0.2) is 0 Å². The number of carbonyl (C=O) groups excluding carboxylic acids is 2. The molecule has 0 radical (unpaired) electrons. The van der Waals surface area contributed by atoms with E-state index in [0.29, 0.717) is 30.0 Å². The second kappa shape index (κ2) is 9.37. The number of likely N-dealkylation sites (tertiary alicyclic amines) is 1. The molecule has 0 aliphatic carbocycles. The second-order valence-corrected chi connectivity index (χ2v) is 5.32. The standard InChI is InChI=1S/C16H23N3O3.ClH/c1-17-8-7-15(20)18-13-11-12(5-6-14(13)22-2)16(21)19-9-3-4-10-19;/h5-6,11,17H,3-4,7-10H2,1-2H3,(H,18,20);1H. The zero-order chi connectivity index (χ0) is 15.9. The van der Waals surface area contributed by atoms with Crippen molar-refractivity contribution >= 4 is 29.9 Å². The Balaban J connectivity index is 0.00000264. The molecule has 0 aromatic heterocycles. The summed E-state index contributed by atoms with van der Waals surface area (Å²) in [5, 5.41) is 5.73. The lowest BCUT2D eigenvalue weighted by atomic mass is 10.1. The summed E-state index contributed by atoms with van der Waals surface area (Å²) >= 11 is 0. The van der Waals surface area contributed by atoms with Crippen molar-refractivity contribution in [2.24, 2.45) is 0 Å². The van der Waals surface area contributed by atoms with Gasteiger partial charge in [-0.2, -0.15) is 0 Å². The van der Waals surface area contributed by atoms with E-state index in [-0.39, 0.29) is 24.2 Å². The quantitative estimate of drug-likeness (QED) is 0.829. The first kappa shape index (κ1) is 19.3. The van der Waals surface area contributed by atoms with E-state index in [2.05, 4.69) is 10.6 Å². The third-order valence-electron chi connectivity index (χ3n) is 3.72. The molecule has 7 heteroatoms. The number of anilines is 1. The number of amides is 2. The zero-order valence-corrected chi connectivity index (χ0v) is 14.4. The highest BCUT2D eigenvalue weighted by molar-refractivity contribution is 5.98. The van der Waals surface area contributed by atoms with Crippen molar-refractivity contribution in [3.63, 3.8) is 0 Å². The Hall–Kier alpha value is -1.79. The van der Waals surface area contributed by atoms with Crippen LogP contribution in [0.3, 0.4) is 0 Å². The molecule has 0 spiro atoms. The minimum atomic E-state index is -0.113.